The topological polar surface area (TPSA) is 50.8 Å². The molecule has 2 saturated heterocycles. The summed E-state index contributed by atoms with van der Waals surface area (Å²) >= 11 is 0. The molecular weight excluding hydrogens is 244 g/mol. The lowest BCUT2D eigenvalue weighted by Gasteiger charge is -2.37. The highest BCUT2D eigenvalue weighted by Gasteiger charge is 2.40. The van der Waals surface area contributed by atoms with Crippen LogP contribution in [0.4, 0.5) is 0 Å². The van der Waals surface area contributed by atoms with Crippen LogP contribution in [0.25, 0.3) is 0 Å². The van der Waals surface area contributed by atoms with Gasteiger partial charge in [0, 0.05) is 38.9 Å². The molecule has 2 aliphatic rings. The first-order valence-electron chi connectivity index (χ1n) is 7.38. The predicted molar refractivity (Wildman–Crippen MR) is 72.8 cm³/mol. The molecule has 0 unspecified atom stereocenters. The summed E-state index contributed by atoms with van der Waals surface area (Å²) in [5, 5.41) is 3.31. The van der Waals surface area contributed by atoms with Crippen LogP contribution in [0.1, 0.15) is 33.1 Å². The van der Waals surface area contributed by atoms with Crippen molar-refractivity contribution in [3.05, 3.63) is 0 Å². The van der Waals surface area contributed by atoms with Crippen molar-refractivity contribution in [3.63, 3.8) is 0 Å². The van der Waals surface area contributed by atoms with Crippen molar-refractivity contribution < 1.29 is 14.3 Å². The highest BCUT2D eigenvalue weighted by Crippen LogP contribution is 2.31. The molecule has 0 radical (unpaired) electrons. The number of carbonyl (C=O) groups is 1. The van der Waals surface area contributed by atoms with Gasteiger partial charge >= 0.3 is 0 Å². The second-order valence-electron chi connectivity index (χ2n) is 5.84. The number of rotatable bonds is 5. The van der Waals surface area contributed by atoms with Crippen LogP contribution in [-0.2, 0) is 14.3 Å². The monoisotopic (exact) mass is 270 g/mol. The lowest BCUT2D eigenvalue weighted by Crippen LogP contribution is -2.47. The first kappa shape index (κ1) is 14.8. The minimum absolute atomic E-state index is 0.240. The Morgan fingerprint density at radius 2 is 1.89 bits per heavy atom. The summed E-state index contributed by atoms with van der Waals surface area (Å²) in [6.45, 7) is 8.96. The van der Waals surface area contributed by atoms with Crippen LogP contribution < -0.4 is 5.32 Å². The van der Waals surface area contributed by atoms with E-state index >= 15 is 0 Å². The van der Waals surface area contributed by atoms with E-state index in [1.165, 1.54) is 0 Å². The van der Waals surface area contributed by atoms with Gasteiger partial charge < -0.3 is 19.7 Å². The van der Waals surface area contributed by atoms with Crippen molar-refractivity contribution in [3.8, 4) is 0 Å². The highest BCUT2D eigenvalue weighted by molar-refractivity contribution is 5.76. The van der Waals surface area contributed by atoms with Crippen molar-refractivity contribution in [1.82, 2.24) is 10.2 Å². The van der Waals surface area contributed by atoms with E-state index < -0.39 is 0 Å². The molecule has 5 heteroatoms. The van der Waals surface area contributed by atoms with Crippen molar-refractivity contribution in [2.75, 3.05) is 39.4 Å². The molecule has 2 rings (SSSR count). The predicted octanol–water partition coefficient (Wildman–Crippen LogP) is 0.988. The fourth-order valence-corrected chi connectivity index (χ4v) is 2.63. The molecule has 2 fully saturated rings. The molecule has 0 aromatic carbocycles. The number of ether oxygens (including phenoxy) is 2. The van der Waals surface area contributed by atoms with Crippen LogP contribution in [-0.4, -0.2) is 56.0 Å². The molecule has 0 aliphatic carbocycles. The molecule has 1 spiro atoms. The Morgan fingerprint density at radius 3 is 2.47 bits per heavy atom. The van der Waals surface area contributed by atoms with Gasteiger partial charge in [-0.25, -0.2) is 0 Å². The molecule has 110 valence electrons. The highest BCUT2D eigenvalue weighted by atomic mass is 16.7. The molecule has 1 amide bonds. The quantitative estimate of drug-likeness (QED) is 0.757. The Kier molecular flexibility index (Phi) is 5.19. The van der Waals surface area contributed by atoms with Gasteiger partial charge in [0.1, 0.15) is 0 Å². The van der Waals surface area contributed by atoms with E-state index in [1.807, 2.05) is 4.90 Å². The van der Waals surface area contributed by atoms with Gasteiger partial charge in [0.25, 0.3) is 0 Å². The molecule has 5 nitrogen and oxygen atoms in total. The number of hydrogen-bond donors (Lipinski definition) is 1. The number of carbonyl (C=O) groups excluding carboxylic acids is 1. The summed E-state index contributed by atoms with van der Waals surface area (Å²) in [5.41, 5.74) is 0. The third kappa shape index (κ3) is 4.16. The minimum atomic E-state index is -0.382. The van der Waals surface area contributed by atoms with E-state index in [0.717, 1.165) is 39.0 Å². The summed E-state index contributed by atoms with van der Waals surface area (Å²) in [4.78, 5) is 14.0. The van der Waals surface area contributed by atoms with Crippen molar-refractivity contribution >= 4 is 5.91 Å². The zero-order valence-corrected chi connectivity index (χ0v) is 12.1. The van der Waals surface area contributed by atoms with Gasteiger partial charge in [0.2, 0.25) is 5.91 Å². The number of piperidine rings is 1. The summed E-state index contributed by atoms with van der Waals surface area (Å²) in [5.74, 6) is 0.484. The van der Waals surface area contributed by atoms with Crippen LogP contribution in [0.3, 0.4) is 0 Å². The Morgan fingerprint density at radius 1 is 1.26 bits per heavy atom. The van der Waals surface area contributed by atoms with Crippen LogP contribution in [0.5, 0.6) is 0 Å². The standard InChI is InChI=1S/C14H26N2O3/c1-12(2)11-15-6-3-13(17)16-7-4-14(5-8-16)18-9-10-19-14/h12,15H,3-11H2,1-2H3. The Hall–Kier alpha value is -0.650. The van der Waals surface area contributed by atoms with Gasteiger partial charge in [-0.15, -0.1) is 0 Å². The molecule has 1 N–H and O–H groups in total. The maximum atomic E-state index is 12.1. The molecule has 2 heterocycles. The third-order valence-corrected chi connectivity index (χ3v) is 3.76. The van der Waals surface area contributed by atoms with E-state index in [9.17, 15) is 4.79 Å². The first-order valence-corrected chi connectivity index (χ1v) is 7.38. The lowest BCUT2D eigenvalue weighted by atomic mass is 10.0. The number of hydrogen-bond acceptors (Lipinski definition) is 4. The molecule has 0 atom stereocenters. The Labute approximate surface area is 115 Å². The van der Waals surface area contributed by atoms with Gasteiger partial charge in [-0.3, -0.25) is 4.79 Å². The number of nitrogens with one attached hydrogen (secondary N) is 1. The average molecular weight is 270 g/mol. The fraction of sp³-hybridized carbons (Fsp3) is 0.929. The number of amides is 1. The lowest BCUT2D eigenvalue weighted by molar-refractivity contribution is -0.187. The summed E-state index contributed by atoms with van der Waals surface area (Å²) < 4.78 is 11.3. The van der Waals surface area contributed by atoms with Crippen LogP contribution in [0, 0.1) is 5.92 Å². The van der Waals surface area contributed by atoms with E-state index in [1.54, 1.807) is 0 Å². The van der Waals surface area contributed by atoms with E-state index in [0.29, 0.717) is 25.6 Å². The minimum Gasteiger partial charge on any atom is -0.347 e. The molecule has 2 aliphatic heterocycles. The zero-order valence-electron chi connectivity index (χ0n) is 12.1. The van der Waals surface area contributed by atoms with E-state index in [-0.39, 0.29) is 11.7 Å². The van der Waals surface area contributed by atoms with Crippen LogP contribution >= 0.6 is 0 Å². The second kappa shape index (κ2) is 6.68. The Bertz CT molecular complexity index is 291. The van der Waals surface area contributed by atoms with Gasteiger partial charge in [-0.05, 0) is 12.5 Å². The summed E-state index contributed by atoms with van der Waals surface area (Å²) in [6.07, 6.45) is 2.19. The van der Waals surface area contributed by atoms with E-state index in [2.05, 4.69) is 19.2 Å². The molecule has 0 saturated carbocycles. The van der Waals surface area contributed by atoms with Gasteiger partial charge in [0.05, 0.1) is 13.2 Å². The zero-order chi connectivity index (χ0) is 13.7. The number of likely N-dealkylation sites (tertiary alicyclic amines) is 1. The molecular formula is C14H26N2O3. The first-order chi connectivity index (χ1) is 9.11. The smallest absolute Gasteiger partial charge is 0.223 e. The molecule has 19 heavy (non-hydrogen) atoms. The second-order valence-corrected chi connectivity index (χ2v) is 5.84. The van der Waals surface area contributed by atoms with Gasteiger partial charge in [0.15, 0.2) is 5.79 Å². The van der Waals surface area contributed by atoms with Crippen LogP contribution in [0.2, 0.25) is 0 Å². The molecule has 0 bridgehead atoms. The van der Waals surface area contributed by atoms with Gasteiger partial charge in [-0.2, -0.15) is 0 Å². The number of nitrogens with zero attached hydrogens (tertiary/aromatic N) is 1. The van der Waals surface area contributed by atoms with Crippen molar-refractivity contribution in [2.24, 2.45) is 5.92 Å². The van der Waals surface area contributed by atoms with Crippen molar-refractivity contribution in [1.29, 1.82) is 0 Å². The molecule has 0 aromatic rings. The Balaban J connectivity index is 1.65. The van der Waals surface area contributed by atoms with E-state index in [4.69, 9.17) is 9.47 Å². The maximum absolute atomic E-state index is 12.1. The van der Waals surface area contributed by atoms with Gasteiger partial charge in [-0.1, -0.05) is 13.8 Å². The van der Waals surface area contributed by atoms with Crippen molar-refractivity contribution in [2.45, 2.75) is 38.9 Å². The third-order valence-electron chi connectivity index (χ3n) is 3.76. The SMILES string of the molecule is CC(C)CNCCC(=O)N1CCC2(CC1)OCCO2. The summed E-state index contributed by atoms with van der Waals surface area (Å²) in [7, 11) is 0. The average Bonchev–Trinajstić information content (AvgIpc) is 2.83. The largest absolute Gasteiger partial charge is 0.347 e. The van der Waals surface area contributed by atoms with Crippen LogP contribution in [0.15, 0.2) is 0 Å². The molecule has 0 aromatic heterocycles. The normalized spacial score (nSPS) is 22.4. The summed E-state index contributed by atoms with van der Waals surface area (Å²) in [6, 6.07) is 0. The fourth-order valence-electron chi connectivity index (χ4n) is 2.63. The maximum Gasteiger partial charge on any atom is 0.223 e.